The van der Waals surface area contributed by atoms with Gasteiger partial charge in [0.15, 0.2) is 0 Å². The van der Waals surface area contributed by atoms with Crippen LogP contribution in [0.2, 0.25) is 0 Å². The summed E-state index contributed by atoms with van der Waals surface area (Å²) >= 11 is 1.53. The standard InChI is InChI=1S/C24H38N2O5S/c1-8-10-25(23(5,6)7)21(29)19-24-14(4)11-16(32-24)17(22(30)31)18(24)20(28)26(19)15(12-27)13(3)9-2/h8,13-19,27H,1,9-12H2,2-7H3,(H,30,31)/t13-,14?,15-,16-,17+,18-,19?,24?/m0/s1. The van der Waals surface area contributed by atoms with Gasteiger partial charge in [-0.25, -0.2) is 0 Å². The SMILES string of the molecule is C=CCN(C(=O)C1N([C@@H](CO)[C@@H](C)CC)C(=O)[C@@H]2[C@H](C(=O)O)[C@@H]3CC(C)C12S3)C(C)(C)C. The van der Waals surface area contributed by atoms with Crippen molar-refractivity contribution in [1.29, 1.82) is 0 Å². The van der Waals surface area contributed by atoms with Crippen LogP contribution in [0.25, 0.3) is 0 Å². The van der Waals surface area contributed by atoms with E-state index in [1.54, 1.807) is 15.9 Å². The molecule has 2 amide bonds. The van der Waals surface area contributed by atoms with Crippen LogP contribution in [0, 0.1) is 23.7 Å². The lowest BCUT2D eigenvalue weighted by atomic mass is 9.66. The summed E-state index contributed by atoms with van der Waals surface area (Å²) in [5, 5.41) is 20.2. The van der Waals surface area contributed by atoms with Crippen molar-refractivity contribution in [3.05, 3.63) is 12.7 Å². The summed E-state index contributed by atoms with van der Waals surface area (Å²) in [5.41, 5.74) is -0.503. The number of fused-ring (bicyclic) bond motifs is 1. The second-order valence-electron chi connectivity index (χ2n) is 10.7. The largest absolute Gasteiger partial charge is 0.481 e. The van der Waals surface area contributed by atoms with E-state index in [9.17, 15) is 24.6 Å². The Morgan fingerprint density at radius 3 is 2.50 bits per heavy atom. The van der Waals surface area contributed by atoms with Crippen molar-refractivity contribution in [3.8, 4) is 0 Å². The van der Waals surface area contributed by atoms with Crippen LogP contribution in [-0.2, 0) is 14.4 Å². The third kappa shape index (κ3) is 3.49. The molecule has 7 nitrogen and oxygen atoms in total. The van der Waals surface area contributed by atoms with Crippen molar-refractivity contribution >= 4 is 29.5 Å². The van der Waals surface area contributed by atoms with Gasteiger partial charge in [0.2, 0.25) is 11.8 Å². The number of carboxylic acids is 1. The Labute approximate surface area is 195 Å². The molecule has 3 saturated heterocycles. The highest BCUT2D eigenvalue weighted by Crippen LogP contribution is 2.69. The Hall–Kier alpha value is -1.54. The van der Waals surface area contributed by atoms with Crippen LogP contribution in [0.5, 0.6) is 0 Å². The topological polar surface area (TPSA) is 98.2 Å². The molecule has 3 rings (SSSR count). The fraction of sp³-hybridized carbons (Fsp3) is 0.792. The predicted octanol–water partition coefficient (Wildman–Crippen LogP) is 2.63. The number of likely N-dealkylation sites (tertiary alicyclic amines) is 1. The number of carbonyl (C=O) groups is 3. The fourth-order valence-corrected chi connectivity index (χ4v) is 8.56. The molecule has 3 heterocycles. The average molecular weight is 467 g/mol. The smallest absolute Gasteiger partial charge is 0.308 e. The molecule has 1 spiro atoms. The number of nitrogens with zero attached hydrogens (tertiary/aromatic N) is 2. The number of aliphatic carboxylic acids is 1. The number of aliphatic hydroxyl groups is 1. The molecule has 0 aromatic carbocycles. The van der Waals surface area contributed by atoms with Crippen molar-refractivity contribution < 1.29 is 24.6 Å². The van der Waals surface area contributed by atoms with Gasteiger partial charge in [-0.3, -0.25) is 14.4 Å². The Morgan fingerprint density at radius 2 is 2.03 bits per heavy atom. The van der Waals surface area contributed by atoms with Gasteiger partial charge in [0.25, 0.3) is 0 Å². The fourth-order valence-electron chi connectivity index (χ4n) is 6.16. The first kappa shape index (κ1) is 25.1. The average Bonchev–Trinajstić information content (AvgIpc) is 3.29. The van der Waals surface area contributed by atoms with Gasteiger partial charge in [0, 0.05) is 17.3 Å². The predicted molar refractivity (Wildman–Crippen MR) is 125 cm³/mol. The lowest BCUT2D eigenvalue weighted by molar-refractivity contribution is -0.151. The number of hydrogen-bond acceptors (Lipinski definition) is 5. The number of aliphatic hydroxyl groups excluding tert-OH is 1. The summed E-state index contributed by atoms with van der Waals surface area (Å²) in [6.07, 6.45) is 3.09. The van der Waals surface area contributed by atoms with Crippen molar-refractivity contribution in [2.24, 2.45) is 23.7 Å². The van der Waals surface area contributed by atoms with E-state index >= 15 is 0 Å². The van der Waals surface area contributed by atoms with Gasteiger partial charge in [-0.1, -0.05) is 33.3 Å². The van der Waals surface area contributed by atoms with Gasteiger partial charge >= 0.3 is 5.97 Å². The van der Waals surface area contributed by atoms with E-state index in [1.807, 2.05) is 41.5 Å². The van der Waals surface area contributed by atoms with Crippen molar-refractivity contribution in [3.63, 3.8) is 0 Å². The van der Waals surface area contributed by atoms with Crippen LogP contribution in [-0.4, -0.2) is 78.6 Å². The molecule has 8 heteroatoms. The number of rotatable bonds is 8. The summed E-state index contributed by atoms with van der Waals surface area (Å²) in [4.78, 5) is 43.8. The Bertz CT molecular complexity index is 796. The van der Waals surface area contributed by atoms with Crippen molar-refractivity contribution in [2.45, 2.75) is 82.0 Å². The van der Waals surface area contributed by atoms with Crippen molar-refractivity contribution in [1.82, 2.24) is 9.80 Å². The van der Waals surface area contributed by atoms with E-state index in [-0.39, 0.29) is 35.5 Å². The minimum atomic E-state index is -0.967. The molecule has 0 aromatic heterocycles. The number of thioether (sulfide) groups is 1. The van der Waals surface area contributed by atoms with Crippen LogP contribution >= 0.6 is 11.8 Å². The highest BCUT2D eigenvalue weighted by Gasteiger charge is 2.77. The monoisotopic (exact) mass is 466 g/mol. The molecule has 2 bridgehead atoms. The number of carboxylic acid groups (broad SMARTS) is 1. The maximum absolute atomic E-state index is 14.3. The zero-order chi connectivity index (χ0) is 24.2. The second-order valence-corrected chi connectivity index (χ2v) is 12.2. The van der Waals surface area contributed by atoms with Gasteiger partial charge in [-0.05, 0) is 39.0 Å². The second kappa shape index (κ2) is 8.67. The molecule has 180 valence electrons. The highest BCUT2D eigenvalue weighted by molar-refractivity contribution is 8.02. The minimum absolute atomic E-state index is 0.0165. The quantitative estimate of drug-likeness (QED) is 0.534. The molecule has 8 atom stereocenters. The molecule has 0 saturated carbocycles. The zero-order valence-electron chi connectivity index (χ0n) is 20.1. The van der Waals surface area contributed by atoms with E-state index in [1.165, 1.54) is 11.8 Å². The van der Waals surface area contributed by atoms with Gasteiger partial charge in [-0.2, -0.15) is 0 Å². The maximum atomic E-state index is 14.3. The first-order valence-corrected chi connectivity index (χ1v) is 12.5. The van der Waals surface area contributed by atoms with E-state index in [2.05, 4.69) is 6.58 Å². The number of carbonyl (C=O) groups excluding carboxylic acids is 2. The van der Waals surface area contributed by atoms with E-state index < -0.39 is 40.2 Å². The first-order valence-electron chi connectivity index (χ1n) is 11.6. The summed E-state index contributed by atoms with van der Waals surface area (Å²) < 4.78 is -0.798. The molecule has 3 unspecified atom stereocenters. The molecule has 0 aromatic rings. The lowest BCUT2D eigenvalue weighted by Gasteiger charge is -2.45. The van der Waals surface area contributed by atoms with E-state index in [0.717, 1.165) is 6.42 Å². The number of amides is 2. The molecule has 32 heavy (non-hydrogen) atoms. The lowest BCUT2D eigenvalue weighted by Crippen LogP contribution is -2.62. The normalized spacial score (nSPS) is 35.5. The molecule has 3 aliphatic heterocycles. The van der Waals surface area contributed by atoms with Crippen LogP contribution in [0.15, 0.2) is 12.7 Å². The van der Waals surface area contributed by atoms with Gasteiger partial charge in [-0.15, -0.1) is 18.3 Å². The molecule has 0 radical (unpaired) electrons. The zero-order valence-corrected chi connectivity index (χ0v) is 20.9. The molecular formula is C24H38N2O5S. The van der Waals surface area contributed by atoms with Crippen LogP contribution in [0.1, 0.15) is 54.4 Å². The maximum Gasteiger partial charge on any atom is 0.308 e. The van der Waals surface area contributed by atoms with Crippen LogP contribution in [0.3, 0.4) is 0 Å². The van der Waals surface area contributed by atoms with Crippen molar-refractivity contribution in [2.75, 3.05) is 13.2 Å². The Balaban J connectivity index is 2.21. The van der Waals surface area contributed by atoms with E-state index in [4.69, 9.17) is 0 Å². The van der Waals surface area contributed by atoms with Gasteiger partial charge in [0.1, 0.15) is 6.04 Å². The molecule has 3 aliphatic rings. The van der Waals surface area contributed by atoms with Gasteiger partial charge in [0.05, 0.1) is 29.2 Å². The molecular weight excluding hydrogens is 428 g/mol. The van der Waals surface area contributed by atoms with Gasteiger partial charge < -0.3 is 20.0 Å². The summed E-state index contributed by atoms with van der Waals surface area (Å²) in [6, 6.07) is -1.34. The Kier molecular flexibility index (Phi) is 6.80. The summed E-state index contributed by atoms with van der Waals surface area (Å²) in [5.74, 6) is -3.00. The summed E-state index contributed by atoms with van der Waals surface area (Å²) in [6.45, 7) is 15.7. The molecule has 0 aliphatic carbocycles. The van der Waals surface area contributed by atoms with E-state index in [0.29, 0.717) is 13.0 Å². The number of hydrogen-bond donors (Lipinski definition) is 2. The highest BCUT2D eigenvalue weighted by atomic mass is 32.2. The third-order valence-corrected chi connectivity index (χ3v) is 10.0. The molecule has 3 fully saturated rings. The van der Waals surface area contributed by atoms with Crippen LogP contribution < -0.4 is 0 Å². The first-order chi connectivity index (χ1) is 14.9. The molecule has 2 N–H and O–H groups in total. The summed E-state index contributed by atoms with van der Waals surface area (Å²) in [7, 11) is 0. The van der Waals surface area contributed by atoms with Crippen LogP contribution in [0.4, 0.5) is 0 Å². The minimum Gasteiger partial charge on any atom is -0.481 e. The third-order valence-electron chi connectivity index (χ3n) is 7.94. The Morgan fingerprint density at radius 1 is 1.41 bits per heavy atom.